The molecule has 2 aliphatic rings. The second-order valence-corrected chi connectivity index (χ2v) is 7.48. The Morgan fingerprint density at radius 2 is 1.96 bits per heavy atom. The van der Waals surface area contributed by atoms with Crippen LogP contribution >= 0.6 is 0 Å². The van der Waals surface area contributed by atoms with Crippen molar-refractivity contribution in [2.75, 3.05) is 6.54 Å². The highest BCUT2D eigenvalue weighted by Crippen LogP contribution is 2.27. The summed E-state index contributed by atoms with van der Waals surface area (Å²) in [6.07, 6.45) is 4.92. The minimum atomic E-state index is -0.265. The van der Waals surface area contributed by atoms with Gasteiger partial charge in [0.2, 0.25) is 0 Å². The Balaban J connectivity index is 1.50. The lowest BCUT2D eigenvalue weighted by atomic mass is 9.94. The lowest BCUT2D eigenvalue weighted by molar-refractivity contribution is 0.0950. The first-order chi connectivity index (χ1) is 13.7. The predicted molar refractivity (Wildman–Crippen MR) is 100 cm³/mol. The van der Waals surface area contributed by atoms with E-state index >= 15 is 0 Å². The molecule has 2 N–H and O–H groups in total. The maximum atomic E-state index is 13.3. The average molecular weight is 380 g/mol. The summed E-state index contributed by atoms with van der Waals surface area (Å²) in [7, 11) is 0. The van der Waals surface area contributed by atoms with Crippen LogP contribution in [0.2, 0.25) is 0 Å². The van der Waals surface area contributed by atoms with Gasteiger partial charge in [0, 0.05) is 31.1 Å². The van der Waals surface area contributed by atoms with Crippen molar-refractivity contribution >= 4 is 5.91 Å². The second kappa shape index (κ2) is 6.85. The number of aromatic amines is 1. The molecule has 1 atom stereocenters. The number of halogens is 1. The number of benzene rings is 1. The molecule has 5 rings (SSSR count). The van der Waals surface area contributed by atoms with Crippen molar-refractivity contribution in [3.8, 4) is 11.6 Å². The topological polar surface area (TPSA) is 88.5 Å². The molecule has 2 aliphatic heterocycles. The molecule has 0 unspecified atom stereocenters. The molecule has 0 spiro atoms. The summed E-state index contributed by atoms with van der Waals surface area (Å²) in [5.41, 5.74) is 2.18. The second-order valence-electron chi connectivity index (χ2n) is 7.48. The van der Waals surface area contributed by atoms with Crippen molar-refractivity contribution in [2.24, 2.45) is 0 Å². The van der Waals surface area contributed by atoms with Crippen molar-refractivity contribution in [3.05, 3.63) is 52.9 Å². The molecule has 3 aromatic rings. The number of carbonyl (C=O) groups excluding carboxylic acids is 1. The van der Waals surface area contributed by atoms with Crippen LogP contribution in [0.3, 0.4) is 0 Å². The normalized spacial score (nSPS) is 19.3. The van der Waals surface area contributed by atoms with Crippen LogP contribution in [0, 0.1) is 5.82 Å². The van der Waals surface area contributed by atoms with Gasteiger partial charge in [-0.15, -0.1) is 10.2 Å². The summed E-state index contributed by atoms with van der Waals surface area (Å²) < 4.78 is 15.4. The molecule has 0 bridgehead atoms. The third-order valence-electron chi connectivity index (χ3n) is 5.62. The highest BCUT2D eigenvalue weighted by Gasteiger charge is 2.28. The van der Waals surface area contributed by atoms with Gasteiger partial charge in [-0.3, -0.25) is 4.79 Å². The van der Waals surface area contributed by atoms with E-state index in [0.29, 0.717) is 30.3 Å². The smallest absolute Gasteiger partial charge is 0.271 e. The van der Waals surface area contributed by atoms with Crippen molar-refractivity contribution < 1.29 is 9.18 Å². The monoisotopic (exact) mass is 380 g/mol. The van der Waals surface area contributed by atoms with E-state index in [0.717, 1.165) is 42.9 Å². The minimum Gasteiger partial charge on any atom is -0.350 e. The fraction of sp³-hybridized carbons (Fsp3) is 0.400. The van der Waals surface area contributed by atoms with E-state index in [2.05, 4.69) is 30.0 Å². The van der Waals surface area contributed by atoms with Crippen LogP contribution in [-0.4, -0.2) is 37.2 Å². The Labute approximate surface area is 161 Å². The van der Waals surface area contributed by atoms with Crippen LogP contribution in [0.15, 0.2) is 24.3 Å². The van der Waals surface area contributed by atoms with Crippen LogP contribution < -0.4 is 5.32 Å². The molecule has 0 radical (unpaired) electrons. The lowest BCUT2D eigenvalue weighted by Gasteiger charge is -2.14. The maximum absolute atomic E-state index is 13.3. The molecule has 144 valence electrons. The van der Waals surface area contributed by atoms with Gasteiger partial charge in [0.05, 0.1) is 0 Å². The zero-order valence-corrected chi connectivity index (χ0v) is 15.4. The third kappa shape index (κ3) is 2.98. The first-order valence-corrected chi connectivity index (χ1v) is 9.74. The number of aryl methyl sites for hydroxylation is 1. The third-order valence-corrected chi connectivity index (χ3v) is 5.62. The molecule has 0 aliphatic carbocycles. The SMILES string of the molecule is O=C1NC[C@@H](c2ccc(F)cc2)Cc2[nH]c(-c3nnc4n3CCCCC4)nc21. The van der Waals surface area contributed by atoms with E-state index in [4.69, 9.17) is 0 Å². The first kappa shape index (κ1) is 17.1. The van der Waals surface area contributed by atoms with Crippen molar-refractivity contribution in [1.82, 2.24) is 30.0 Å². The van der Waals surface area contributed by atoms with Crippen LogP contribution in [0.5, 0.6) is 0 Å². The Morgan fingerprint density at radius 1 is 1.11 bits per heavy atom. The first-order valence-electron chi connectivity index (χ1n) is 9.74. The summed E-state index contributed by atoms with van der Waals surface area (Å²) in [4.78, 5) is 20.4. The van der Waals surface area contributed by atoms with Crippen molar-refractivity contribution in [3.63, 3.8) is 0 Å². The summed E-state index contributed by atoms with van der Waals surface area (Å²) in [6.45, 7) is 1.36. The fourth-order valence-electron chi connectivity index (χ4n) is 4.10. The molecular formula is C20H21FN6O. The summed E-state index contributed by atoms with van der Waals surface area (Å²) >= 11 is 0. The number of hydrogen-bond donors (Lipinski definition) is 2. The largest absolute Gasteiger partial charge is 0.350 e. The number of H-pyrrole nitrogens is 1. The maximum Gasteiger partial charge on any atom is 0.271 e. The van der Waals surface area contributed by atoms with Gasteiger partial charge >= 0.3 is 0 Å². The average Bonchev–Trinajstić information content (AvgIpc) is 3.17. The number of carbonyl (C=O) groups is 1. The molecule has 28 heavy (non-hydrogen) atoms. The van der Waals surface area contributed by atoms with Gasteiger partial charge in [0.15, 0.2) is 11.6 Å². The van der Waals surface area contributed by atoms with Gasteiger partial charge in [-0.1, -0.05) is 18.6 Å². The number of fused-ring (bicyclic) bond motifs is 2. The Morgan fingerprint density at radius 3 is 2.82 bits per heavy atom. The number of nitrogens with zero attached hydrogens (tertiary/aromatic N) is 4. The molecule has 1 aromatic carbocycles. The molecular weight excluding hydrogens is 359 g/mol. The van der Waals surface area contributed by atoms with Crippen LogP contribution in [0.25, 0.3) is 11.6 Å². The zero-order chi connectivity index (χ0) is 19.1. The summed E-state index contributed by atoms with van der Waals surface area (Å²) in [5.74, 6) is 1.84. The van der Waals surface area contributed by atoms with E-state index < -0.39 is 0 Å². The molecule has 8 heteroatoms. The summed E-state index contributed by atoms with van der Waals surface area (Å²) in [5, 5.41) is 11.6. The number of amides is 1. The highest BCUT2D eigenvalue weighted by molar-refractivity contribution is 5.94. The van der Waals surface area contributed by atoms with Gasteiger partial charge < -0.3 is 14.9 Å². The number of rotatable bonds is 2. The lowest BCUT2D eigenvalue weighted by Crippen LogP contribution is -2.26. The van der Waals surface area contributed by atoms with Gasteiger partial charge in [-0.05, 0) is 37.0 Å². The van der Waals surface area contributed by atoms with Crippen LogP contribution in [0.4, 0.5) is 4.39 Å². The van der Waals surface area contributed by atoms with Crippen LogP contribution in [-0.2, 0) is 19.4 Å². The van der Waals surface area contributed by atoms with Gasteiger partial charge in [0.1, 0.15) is 17.3 Å². The van der Waals surface area contributed by atoms with Gasteiger partial charge in [0.25, 0.3) is 5.91 Å². The van der Waals surface area contributed by atoms with Gasteiger partial charge in [-0.25, -0.2) is 9.37 Å². The van der Waals surface area contributed by atoms with Crippen LogP contribution in [0.1, 0.15) is 52.8 Å². The Bertz CT molecular complexity index is 1020. The van der Waals surface area contributed by atoms with E-state index in [-0.39, 0.29) is 17.6 Å². The van der Waals surface area contributed by atoms with E-state index in [1.807, 2.05) is 0 Å². The molecule has 7 nitrogen and oxygen atoms in total. The van der Waals surface area contributed by atoms with E-state index in [1.54, 1.807) is 12.1 Å². The Hall–Kier alpha value is -3.03. The standard InChI is InChI=1S/C20H21FN6O/c21-14-7-5-12(6-8-14)13-10-15-17(20(28)22-11-13)24-18(23-15)19-26-25-16-4-2-1-3-9-27(16)19/h5-8,13H,1-4,9-11H2,(H,22,28)(H,23,24)/t13-/m0/s1. The molecule has 4 heterocycles. The summed E-state index contributed by atoms with van der Waals surface area (Å²) in [6, 6.07) is 6.44. The van der Waals surface area contributed by atoms with E-state index in [1.165, 1.54) is 18.6 Å². The van der Waals surface area contributed by atoms with Crippen molar-refractivity contribution in [2.45, 2.75) is 44.6 Å². The quantitative estimate of drug-likeness (QED) is 0.715. The van der Waals surface area contributed by atoms with Crippen molar-refractivity contribution in [1.29, 1.82) is 0 Å². The molecule has 1 amide bonds. The van der Waals surface area contributed by atoms with Gasteiger partial charge in [-0.2, -0.15) is 0 Å². The molecule has 0 saturated carbocycles. The number of nitrogens with one attached hydrogen (secondary N) is 2. The number of imidazole rings is 1. The zero-order valence-electron chi connectivity index (χ0n) is 15.4. The Kier molecular flexibility index (Phi) is 4.18. The predicted octanol–water partition coefficient (Wildman–Crippen LogP) is 2.60. The fourth-order valence-corrected chi connectivity index (χ4v) is 4.10. The molecule has 0 fully saturated rings. The van der Waals surface area contributed by atoms with E-state index in [9.17, 15) is 9.18 Å². The number of hydrogen-bond acceptors (Lipinski definition) is 4. The minimum absolute atomic E-state index is 0.0506. The highest BCUT2D eigenvalue weighted by atomic mass is 19.1. The number of aromatic nitrogens is 5. The molecule has 2 aromatic heterocycles. The molecule has 0 saturated heterocycles.